The van der Waals surface area contributed by atoms with Gasteiger partial charge in [-0.05, 0) is 56.0 Å². The number of ether oxygens (including phenoxy) is 2. The molecule has 0 bridgehead atoms. The largest absolute Gasteiger partial charge is 0.448 e. The molecule has 1 aliphatic heterocycles. The van der Waals surface area contributed by atoms with Crippen LogP contribution in [-0.2, 0) is 0 Å². The van der Waals surface area contributed by atoms with Gasteiger partial charge < -0.3 is 20.1 Å². The number of nitrogens with one attached hydrogen (secondary N) is 2. The van der Waals surface area contributed by atoms with Crippen molar-refractivity contribution in [2.24, 2.45) is 5.92 Å². The van der Waals surface area contributed by atoms with Crippen molar-refractivity contribution in [3.05, 3.63) is 18.2 Å². The molecular weight excluding hydrogens is 320 g/mol. The molecule has 1 aromatic rings. The molecule has 1 aromatic carbocycles. The quantitative estimate of drug-likeness (QED) is 0.767. The number of anilines is 1. The molecule has 2 atom stereocenters. The molecule has 0 amide bonds. The van der Waals surface area contributed by atoms with E-state index in [-0.39, 0.29) is 0 Å². The molecule has 0 radical (unpaired) electrons. The van der Waals surface area contributed by atoms with Gasteiger partial charge in [-0.1, -0.05) is 19.8 Å². The van der Waals surface area contributed by atoms with Crippen LogP contribution in [0.25, 0.3) is 0 Å². The van der Waals surface area contributed by atoms with Gasteiger partial charge >= 0.3 is 0 Å². The van der Waals surface area contributed by atoms with Crippen LogP contribution in [-0.4, -0.2) is 16.9 Å². The highest BCUT2D eigenvalue weighted by Gasteiger charge is 2.44. The molecule has 5 heteroatoms. The lowest BCUT2D eigenvalue weighted by Crippen LogP contribution is -2.43. The van der Waals surface area contributed by atoms with Gasteiger partial charge in [0.1, 0.15) is 0 Å². The van der Waals surface area contributed by atoms with E-state index in [4.69, 9.17) is 21.7 Å². The SMILES string of the molecule is C[C@@H]1CCCC[C@@H]1NC(=S)Nc1ccc2c(c1)OC1(CCCC1)O2. The first-order chi connectivity index (χ1) is 11.6. The van der Waals surface area contributed by atoms with Gasteiger partial charge in [0.05, 0.1) is 0 Å². The van der Waals surface area contributed by atoms with Crippen LogP contribution in [0.3, 0.4) is 0 Å². The van der Waals surface area contributed by atoms with E-state index in [0.29, 0.717) is 17.1 Å². The van der Waals surface area contributed by atoms with Gasteiger partial charge in [-0.2, -0.15) is 0 Å². The van der Waals surface area contributed by atoms with Crippen molar-refractivity contribution in [2.75, 3.05) is 5.32 Å². The Morgan fingerprint density at radius 1 is 1.08 bits per heavy atom. The molecule has 1 spiro atoms. The Morgan fingerprint density at radius 3 is 2.62 bits per heavy atom. The second-order valence-corrected chi connectivity index (χ2v) is 7.86. The van der Waals surface area contributed by atoms with E-state index in [0.717, 1.165) is 30.0 Å². The first-order valence-electron chi connectivity index (χ1n) is 9.23. The monoisotopic (exact) mass is 346 g/mol. The standard InChI is InChI=1S/C19H26N2O2S/c1-13-6-2-3-7-15(13)21-18(24)20-14-8-9-16-17(12-14)23-19(22-16)10-4-5-11-19/h8-9,12-13,15H,2-7,10-11H2,1H3,(H2,20,21,24)/t13-,15+/m1/s1. The summed E-state index contributed by atoms with van der Waals surface area (Å²) in [7, 11) is 0. The second kappa shape index (κ2) is 6.43. The number of hydrogen-bond acceptors (Lipinski definition) is 3. The summed E-state index contributed by atoms with van der Waals surface area (Å²) in [5, 5.41) is 7.48. The van der Waals surface area contributed by atoms with Crippen molar-refractivity contribution in [3.63, 3.8) is 0 Å². The lowest BCUT2D eigenvalue weighted by molar-refractivity contribution is -0.0716. The molecule has 2 N–H and O–H groups in total. The van der Waals surface area contributed by atoms with E-state index in [1.165, 1.54) is 38.5 Å². The molecule has 3 aliphatic rings. The summed E-state index contributed by atoms with van der Waals surface area (Å²) in [5.41, 5.74) is 0.952. The van der Waals surface area contributed by atoms with Gasteiger partial charge in [0.15, 0.2) is 16.6 Å². The lowest BCUT2D eigenvalue weighted by Gasteiger charge is -2.30. The molecule has 4 rings (SSSR count). The number of rotatable bonds is 2. The average molecular weight is 346 g/mol. The van der Waals surface area contributed by atoms with Crippen LogP contribution in [0.5, 0.6) is 11.5 Å². The molecule has 0 saturated heterocycles. The highest BCUT2D eigenvalue weighted by Crippen LogP contribution is 2.47. The summed E-state index contributed by atoms with van der Waals surface area (Å²) < 4.78 is 12.2. The van der Waals surface area contributed by atoms with Gasteiger partial charge in [0, 0.05) is 30.6 Å². The number of fused-ring (bicyclic) bond motifs is 1. The van der Waals surface area contributed by atoms with E-state index < -0.39 is 5.79 Å². The van der Waals surface area contributed by atoms with Crippen molar-refractivity contribution in [3.8, 4) is 11.5 Å². The number of benzene rings is 1. The first kappa shape index (κ1) is 16.0. The summed E-state index contributed by atoms with van der Waals surface area (Å²) in [6.07, 6.45) is 9.41. The van der Waals surface area contributed by atoms with E-state index >= 15 is 0 Å². The second-order valence-electron chi connectivity index (χ2n) is 7.45. The van der Waals surface area contributed by atoms with Crippen LogP contribution >= 0.6 is 12.2 Å². The van der Waals surface area contributed by atoms with E-state index in [2.05, 4.69) is 17.6 Å². The summed E-state index contributed by atoms with van der Waals surface area (Å²) in [6, 6.07) is 6.47. The highest BCUT2D eigenvalue weighted by atomic mass is 32.1. The normalized spacial score (nSPS) is 27.2. The Kier molecular flexibility index (Phi) is 4.29. The highest BCUT2D eigenvalue weighted by molar-refractivity contribution is 7.80. The zero-order valence-electron chi connectivity index (χ0n) is 14.3. The maximum Gasteiger partial charge on any atom is 0.251 e. The Morgan fingerprint density at radius 2 is 1.83 bits per heavy atom. The molecule has 24 heavy (non-hydrogen) atoms. The van der Waals surface area contributed by atoms with Crippen LogP contribution in [0.2, 0.25) is 0 Å². The fourth-order valence-corrected chi connectivity index (χ4v) is 4.42. The maximum atomic E-state index is 6.12. The average Bonchev–Trinajstić information content (AvgIpc) is 3.15. The third-order valence-electron chi connectivity index (χ3n) is 5.59. The van der Waals surface area contributed by atoms with Crippen LogP contribution in [0.15, 0.2) is 18.2 Å². The number of hydrogen-bond donors (Lipinski definition) is 2. The van der Waals surface area contributed by atoms with Gasteiger partial charge in [-0.3, -0.25) is 0 Å². The van der Waals surface area contributed by atoms with Crippen LogP contribution in [0, 0.1) is 5.92 Å². The van der Waals surface area contributed by atoms with Gasteiger partial charge in [-0.25, -0.2) is 0 Å². The molecule has 2 saturated carbocycles. The fraction of sp³-hybridized carbons (Fsp3) is 0.632. The molecule has 2 aliphatic carbocycles. The van der Waals surface area contributed by atoms with Gasteiger partial charge in [0.2, 0.25) is 0 Å². The molecule has 1 heterocycles. The van der Waals surface area contributed by atoms with E-state index in [1.54, 1.807) is 0 Å². The zero-order valence-corrected chi connectivity index (χ0v) is 15.1. The Labute approximate surface area is 149 Å². The Hall–Kier alpha value is -1.49. The minimum Gasteiger partial charge on any atom is -0.448 e. The lowest BCUT2D eigenvalue weighted by atomic mass is 9.86. The van der Waals surface area contributed by atoms with Gasteiger partial charge in [-0.15, -0.1) is 0 Å². The third-order valence-corrected chi connectivity index (χ3v) is 5.81. The van der Waals surface area contributed by atoms with E-state index in [9.17, 15) is 0 Å². The molecular formula is C19H26N2O2S. The predicted octanol–water partition coefficient (Wildman–Crippen LogP) is 4.59. The number of thiocarbonyl (C=S) groups is 1. The zero-order chi connectivity index (χ0) is 16.6. The van der Waals surface area contributed by atoms with Gasteiger partial charge in [0.25, 0.3) is 5.79 Å². The summed E-state index contributed by atoms with van der Waals surface area (Å²) in [6.45, 7) is 2.31. The molecule has 2 fully saturated rings. The third kappa shape index (κ3) is 3.18. The predicted molar refractivity (Wildman–Crippen MR) is 99.7 cm³/mol. The van der Waals surface area contributed by atoms with Crippen molar-refractivity contribution in [1.29, 1.82) is 0 Å². The smallest absolute Gasteiger partial charge is 0.251 e. The Bertz CT molecular complexity index is 628. The summed E-state index contributed by atoms with van der Waals surface area (Å²) >= 11 is 5.50. The summed E-state index contributed by atoms with van der Waals surface area (Å²) in [4.78, 5) is 0. The molecule has 4 nitrogen and oxygen atoms in total. The van der Waals surface area contributed by atoms with Crippen molar-refractivity contribution >= 4 is 23.0 Å². The van der Waals surface area contributed by atoms with Crippen molar-refractivity contribution in [1.82, 2.24) is 5.32 Å². The van der Waals surface area contributed by atoms with Crippen LogP contribution in [0.1, 0.15) is 58.3 Å². The first-order valence-corrected chi connectivity index (χ1v) is 9.64. The van der Waals surface area contributed by atoms with Crippen molar-refractivity contribution in [2.45, 2.75) is 70.1 Å². The molecule has 130 valence electrons. The fourth-order valence-electron chi connectivity index (χ4n) is 4.16. The molecule has 0 unspecified atom stereocenters. The Balaban J connectivity index is 1.38. The van der Waals surface area contributed by atoms with Crippen molar-refractivity contribution < 1.29 is 9.47 Å². The van der Waals surface area contributed by atoms with Crippen LogP contribution in [0.4, 0.5) is 5.69 Å². The topological polar surface area (TPSA) is 42.5 Å². The molecule has 0 aromatic heterocycles. The minimum absolute atomic E-state index is 0.406. The van der Waals surface area contributed by atoms with Crippen LogP contribution < -0.4 is 20.1 Å². The summed E-state index contributed by atoms with van der Waals surface area (Å²) in [5.74, 6) is 1.95. The minimum atomic E-state index is -0.406. The van der Waals surface area contributed by atoms with E-state index in [1.807, 2.05) is 18.2 Å². The maximum absolute atomic E-state index is 6.12.